The first-order valence-corrected chi connectivity index (χ1v) is 10.0. The normalized spacial score (nSPS) is 11.3. The van der Waals surface area contributed by atoms with Crippen LogP contribution in [-0.2, 0) is 12.6 Å². The predicted octanol–water partition coefficient (Wildman–Crippen LogP) is 0.228. The van der Waals surface area contributed by atoms with Crippen LogP contribution < -0.4 is 6.54 Å². The van der Waals surface area contributed by atoms with E-state index in [-0.39, 0.29) is 12.4 Å². The summed E-state index contributed by atoms with van der Waals surface area (Å²) in [6.07, 6.45) is -0.694. The van der Waals surface area contributed by atoms with Gasteiger partial charge in [-0.15, -0.1) is 5.75 Å². The Labute approximate surface area is 131 Å². The minimum atomic E-state index is -0.694. The average Bonchev–Trinajstić information content (AvgIpc) is 2.49. The molecule has 2 nitrogen and oxygen atoms in total. The number of hydrogen-bond acceptors (Lipinski definition) is 3. The quantitative estimate of drug-likeness (QED) is 0.497. The molecule has 0 heterocycles. The topological polar surface area (TPSA) is 40.5 Å². The van der Waals surface area contributed by atoms with Crippen LogP contribution in [0.4, 0.5) is 0 Å². The SMILES string of the molecule is OCC(O)C[S-].c1cc[c]([Bi+][c]2ccccc2)cc1. The zero-order valence-electron chi connectivity index (χ0n) is 10.5. The summed E-state index contributed by atoms with van der Waals surface area (Å²) in [5.74, 6) is 0.219. The Kier molecular flexibility index (Phi) is 9.10. The van der Waals surface area contributed by atoms with Crippen molar-refractivity contribution in [1.82, 2.24) is 0 Å². The number of hydrogen-bond donors (Lipinski definition) is 2. The van der Waals surface area contributed by atoms with Crippen molar-refractivity contribution in [3.63, 3.8) is 0 Å². The van der Waals surface area contributed by atoms with E-state index >= 15 is 0 Å². The van der Waals surface area contributed by atoms with Crippen LogP contribution in [0.2, 0.25) is 0 Å². The Bertz CT molecular complexity index is 395. The molecule has 2 aromatic rings. The van der Waals surface area contributed by atoms with Crippen molar-refractivity contribution < 1.29 is 10.2 Å². The molecule has 0 aliphatic heterocycles. The third-order valence-corrected chi connectivity index (χ3v) is 6.88. The van der Waals surface area contributed by atoms with Gasteiger partial charge in [-0.05, 0) is 0 Å². The fourth-order valence-corrected chi connectivity index (χ4v) is 4.97. The molecule has 2 radical (unpaired) electrons. The maximum atomic E-state index is 8.31. The third-order valence-electron chi connectivity index (χ3n) is 2.17. The molecule has 2 rings (SSSR count). The summed E-state index contributed by atoms with van der Waals surface area (Å²) in [5, 5.41) is 16.3. The average molecular weight is 470 g/mol. The van der Waals surface area contributed by atoms with Gasteiger partial charge in [0.1, 0.15) is 0 Å². The molecule has 1 atom stereocenters. The van der Waals surface area contributed by atoms with E-state index in [1.165, 1.54) is 0 Å². The predicted molar refractivity (Wildman–Crippen MR) is 83.2 cm³/mol. The van der Waals surface area contributed by atoms with E-state index in [1.807, 2.05) is 0 Å². The zero-order valence-corrected chi connectivity index (χ0v) is 14.8. The van der Waals surface area contributed by atoms with Crippen LogP contribution in [-0.4, -0.2) is 51.9 Å². The number of aliphatic hydroxyl groups is 2. The van der Waals surface area contributed by atoms with Gasteiger partial charge in [0.05, 0.1) is 12.7 Å². The van der Waals surface area contributed by atoms with Gasteiger partial charge in [0.2, 0.25) is 0 Å². The van der Waals surface area contributed by atoms with E-state index in [0.29, 0.717) is 0 Å². The van der Waals surface area contributed by atoms with Crippen molar-refractivity contribution in [3.05, 3.63) is 60.7 Å². The molecule has 19 heavy (non-hydrogen) atoms. The molecular weight excluding hydrogens is 453 g/mol. The first-order chi connectivity index (χ1) is 9.26. The maximum absolute atomic E-state index is 8.31. The van der Waals surface area contributed by atoms with Gasteiger partial charge in [-0.3, -0.25) is 0 Å². The van der Waals surface area contributed by atoms with Gasteiger partial charge in [0.25, 0.3) is 0 Å². The Balaban J connectivity index is 0.000000258. The monoisotopic (exact) mass is 470 g/mol. The second kappa shape index (κ2) is 10.4. The third kappa shape index (κ3) is 7.68. The van der Waals surface area contributed by atoms with Gasteiger partial charge in [-0.1, -0.05) is 0 Å². The molecule has 4 heteroatoms. The summed E-state index contributed by atoms with van der Waals surface area (Å²) in [4.78, 5) is 0. The summed E-state index contributed by atoms with van der Waals surface area (Å²) in [5.41, 5.74) is 0. The Hall–Kier alpha value is -0.407. The second-order valence-electron chi connectivity index (χ2n) is 3.79. The molecule has 0 saturated heterocycles. The standard InChI is InChI=1S/2C6H5.C3H8O2S.Bi/c2*1-2-4-6-5-3-1;4-1-3(5)2-6;/h2*1-5H;3-6H,1-2H2;/q;;;+1/p-1. The van der Waals surface area contributed by atoms with Crippen molar-refractivity contribution in [2.24, 2.45) is 0 Å². The molecule has 0 bridgehead atoms. The molecular formula is C15H17BiO2S. The molecule has 0 spiro atoms. The second-order valence-corrected chi connectivity index (χ2v) is 9.00. The van der Waals surface area contributed by atoms with Crippen molar-refractivity contribution in [2.45, 2.75) is 6.10 Å². The number of benzene rings is 2. The van der Waals surface area contributed by atoms with Crippen LogP contribution in [0.5, 0.6) is 0 Å². The first kappa shape index (κ1) is 16.6. The Morgan fingerprint density at radius 1 is 0.895 bits per heavy atom. The molecule has 0 saturated carbocycles. The molecule has 0 fully saturated rings. The van der Waals surface area contributed by atoms with Gasteiger partial charge >= 0.3 is 90.4 Å². The van der Waals surface area contributed by atoms with Crippen LogP contribution in [0.25, 0.3) is 0 Å². The summed E-state index contributed by atoms with van der Waals surface area (Å²) in [6.45, 7) is -0.219. The van der Waals surface area contributed by atoms with E-state index in [4.69, 9.17) is 10.2 Å². The Morgan fingerprint density at radius 3 is 1.58 bits per heavy atom. The van der Waals surface area contributed by atoms with E-state index in [0.717, 1.165) is 0 Å². The fourth-order valence-electron chi connectivity index (χ4n) is 1.21. The molecule has 100 valence electrons. The Morgan fingerprint density at radius 2 is 1.32 bits per heavy atom. The zero-order chi connectivity index (χ0) is 13.9. The van der Waals surface area contributed by atoms with Gasteiger partial charge in [0.15, 0.2) is 0 Å². The first-order valence-electron chi connectivity index (χ1n) is 5.95. The summed E-state index contributed by atoms with van der Waals surface area (Å²) >= 11 is 3.75. The molecule has 0 aromatic heterocycles. The molecule has 1 unspecified atom stereocenters. The van der Waals surface area contributed by atoms with Crippen LogP contribution in [0, 0.1) is 0 Å². The number of aliphatic hydroxyl groups excluding tert-OH is 2. The van der Waals surface area contributed by atoms with Crippen molar-refractivity contribution in [3.8, 4) is 0 Å². The van der Waals surface area contributed by atoms with Crippen molar-refractivity contribution >= 4 is 42.4 Å². The van der Waals surface area contributed by atoms with Crippen LogP contribution >= 0.6 is 0 Å². The minimum absolute atomic E-state index is 0.219. The summed E-state index contributed by atoms with van der Waals surface area (Å²) < 4.78 is 3.10. The molecule has 2 N–H and O–H groups in total. The summed E-state index contributed by atoms with van der Waals surface area (Å²) in [6, 6.07) is 21.6. The fraction of sp³-hybridized carbons (Fsp3) is 0.200. The van der Waals surface area contributed by atoms with Crippen LogP contribution in [0.15, 0.2) is 60.7 Å². The van der Waals surface area contributed by atoms with Gasteiger partial charge < -0.3 is 22.8 Å². The number of rotatable bonds is 4. The summed E-state index contributed by atoms with van der Waals surface area (Å²) in [7, 11) is 0. The molecule has 0 amide bonds. The van der Waals surface area contributed by atoms with Crippen LogP contribution in [0.1, 0.15) is 0 Å². The van der Waals surface area contributed by atoms with Crippen molar-refractivity contribution in [1.29, 1.82) is 0 Å². The van der Waals surface area contributed by atoms with Crippen molar-refractivity contribution in [2.75, 3.05) is 12.4 Å². The van der Waals surface area contributed by atoms with E-state index in [2.05, 4.69) is 73.3 Å². The van der Waals surface area contributed by atoms with Gasteiger partial charge in [0, 0.05) is 0 Å². The van der Waals surface area contributed by atoms with E-state index in [9.17, 15) is 0 Å². The van der Waals surface area contributed by atoms with E-state index < -0.39 is 29.3 Å². The van der Waals surface area contributed by atoms with Gasteiger partial charge in [-0.2, -0.15) is 0 Å². The molecule has 0 aliphatic carbocycles. The molecule has 0 aliphatic rings. The molecule has 2 aromatic carbocycles. The van der Waals surface area contributed by atoms with Gasteiger partial charge in [-0.25, -0.2) is 0 Å². The van der Waals surface area contributed by atoms with E-state index in [1.54, 1.807) is 6.54 Å². The van der Waals surface area contributed by atoms with Crippen LogP contribution in [0.3, 0.4) is 0 Å².